The minimum absolute atomic E-state index is 0. The number of carbonyl (C=O) groups excluding carboxylic acids is 2. The van der Waals surface area contributed by atoms with Gasteiger partial charge in [0.25, 0.3) is 0 Å². The van der Waals surface area contributed by atoms with Crippen LogP contribution in [0.1, 0.15) is 27.0 Å². The zero-order valence-electron chi connectivity index (χ0n) is 21.2. The average molecular weight is 527 g/mol. The Morgan fingerprint density at radius 3 is 2.03 bits per heavy atom. The van der Waals surface area contributed by atoms with Gasteiger partial charge in [0.1, 0.15) is 11.0 Å². The van der Waals surface area contributed by atoms with Crippen LogP contribution in [0.4, 0.5) is 0 Å². The fourth-order valence-electron chi connectivity index (χ4n) is 3.93. The van der Waals surface area contributed by atoms with E-state index >= 15 is 0 Å². The molecule has 1 aromatic heterocycles. The number of nitrogens with zero attached hydrogens (tertiary/aromatic N) is 2. The van der Waals surface area contributed by atoms with Gasteiger partial charge in [0.05, 0.1) is 39.0 Å². The van der Waals surface area contributed by atoms with Crippen molar-refractivity contribution in [2.45, 2.75) is 13.3 Å². The summed E-state index contributed by atoms with van der Waals surface area (Å²) in [6.07, 6.45) is 0.0619. The first-order valence-corrected chi connectivity index (χ1v) is 11.7. The van der Waals surface area contributed by atoms with Crippen molar-refractivity contribution in [1.29, 1.82) is 0 Å². The largest absolute Gasteiger partial charge is 1.00 e. The molecule has 0 atom stereocenters. The molecule has 0 bridgehead atoms. The number of aryl methyl sites for hydroxylation is 1. The van der Waals surface area contributed by atoms with E-state index in [0.717, 1.165) is 22.9 Å². The molecule has 0 radical (unpaired) electrons. The molecule has 0 unspecified atom stereocenters. The number of Topliss-reactive ketones (excluding diaryl/α,β-unsaturated/α-hetero) is 1. The summed E-state index contributed by atoms with van der Waals surface area (Å²) in [5.74, 6) is -1.10. The Kier molecular flexibility index (Phi) is 9.45. The third-order valence-electron chi connectivity index (χ3n) is 5.75. The second-order valence-corrected chi connectivity index (χ2v) is 8.54. The standard InChI is InChI=1S/C27H24N2O6S.Na/c1-15-5-7-16(8-6-15)11-19(24(27(31)32)17-9-10-20-21(12-17)29-36-28-20)25(30)18-13-22(33-2)26(35-4)23(14-18)34-3;/h5-10,12-14H,11H2,1-4H3,(H,31,32);/q;+1/p-1/b24-19+;. The van der Waals surface area contributed by atoms with Crippen LogP contribution in [-0.2, 0) is 11.2 Å². The molecule has 0 aliphatic rings. The Morgan fingerprint density at radius 2 is 1.46 bits per heavy atom. The molecule has 0 spiro atoms. The molecule has 10 heteroatoms. The number of allylic oxidation sites excluding steroid dienone is 1. The Bertz CT molecular complexity index is 1460. The zero-order valence-corrected chi connectivity index (χ0v) is 24.0. The summed E-state index contributed by atoms with van der Waals surface area (Å²) >= 11 is 1.02. The fourth-order valence-corrected chi connectivity index (χ4v) is 4.45. The molecule has 4 rings (SSSR count). The van der Waals surface area contributed by atoms with Crippen molar-refractivity contribution in [3.05, 3.63) is 82.4 Å². The number of benzene rings is 3. The monoisotopic (exact) mass is 526 g/mol. The summed E-state index contributed by atoms with van der Waals surface area (Å²) in [6, 6.07) is 15.4. The summed E-state index contributed by atoms with van der Waals surface area (Å²) in [6.45, 7) is 1.95. The summed E-state index contributed by atoms with van der Waals surface area (Å²) in [5.41, 5.74) is 3.30. The number of carboxylic acid groups (broad SMARTS) is 1. The Labute approximate surface area is 240 Å². The molecule has 1 heterocycles. The van der Waals surface area contributed by atoms with Crippen molar-refractivity contribution in [2.75, 3.05) is 21.3 Å². The van der Waals surface area contributed by atoms with Crippen LogP contribution in [-0.4, -0.2) is 41.8 Å². The first kappa shape index (κ1) is 28.3. The number of ketones is 1. The minimum Gasteiger partial charge on any atom is -0.545 e. The van der Waals surface area contributed by atoms with Crippen molar-refractivity contribution < 1.29 is 58.5 Å². The van der Waals surface area contributed by atoms with E-state index in [-0.39, 0.29) is 64.2 Å². The van der Waals surface area contributed by atoms with Crippen LogP contribution >= 0.6 is 11.7 Å². The molecule has 0 saturated carbocycles. The van der Waals surface area contributed by atoms with Crippen LogP contribution < -0.4 is 48.9 Å². The first-order chi connectivity index (χ1) is 17.4. The molecular weight excluding hydrogens is 503 g/mol. The molecule has 37 heavy (non-hydrogen) atoms. The van der Waals surface area contributed by atoms with Gasteiger partial charge in [0, 0.05) is 23.1 Å². The van der Waals surface area contributed by atoms with Crippen LogP contribution in [0.2, 0.25) is 0 Å². The van der Waals surface area contributed by atoms with E-state index in [0.29, 0.717) is 22.3 Å². The van der Waals surface area contributed by atoms with E-state index in [9.17, 15) is 14.7 Å². The predicted molar refractivity (Wildman–Crippen MR) is 135 cm³/mol. The van der Waals surface area contributed by atoms with Gasteiger partial charge in [-0.25, -0.2) is 0 Å². The van der Waals surface area contributed by atoms with Gasteiger partial charge in [-0.15, -0.1) is 0 Å². The van der Waals surface area contributed by atoms with E-state index < -0.39 is 11.8 Å². The molecular formula is C27H23N2NaO6S. The van der Waals surface area contributed by atoms with Gasteiger partial charge in [-0.1, -0.05) is 35.9 Å². The third-order valence-corrected chi connectivity index (χ3v) is 6.31. The van der Waals surface area contributed by atoms with E-state index in [2.05, 4.69) is 8.75 Å². The van der Waals surface area contributed by atoms with E-state index in [1.54, 1.807) is 18.2 Å². The van der Waals surface area contributed by atoms with Crippen molar-refractivity contribution in [3.8, 4) is 17.2 Å². The molecule has 0 aliphatic carbocycles. The summed E-state index contributed by atoms with van der Waals surface area (Å²) in [5, 5.41) is 12.5. The Balaban J connectivity index is 0.00000380. The molecule has 0 fully saturated rings. The van der Waals surface area contributed by atoms with E-state index in [4.69, 9.17) is 14.2 Å². The predicted octanol–water partition coefficient (Wildman–Crippen LogP) is 0.659. The van der Waals surface area contributed by atoms with Crippen LogP contribution in [0.3, 0.4) is 0 Å². The van der Waals surface area contributed by atoms with Gasteiger partial charge >= 0.3 is 29.6 Å². The molecule has 184 valence electrons. The van der Waals surface area contributed by atoms with Crippen LogP contribution in [0.5, 0.6) is 17.2 Å². The van der Waals surface area contributed by atoms with E-state index in [1.807, 2.05) is 31.2 Å². The number of hydrogen-bond acceptors (Lipinski definition) is 9. The van der Waals surface area contributed by atoms with Crippen LogP contribution in [0, 0.1) is 6.92 Å². The van der Waals surface area contributed by atoms with Gasteiger partial charge in [-0.3, -0.25) is 4.79 Å². The summed E-state index contributed by atoms with van der Waals surface area (Å²) in [4.78, 5) is 26.5. The maximum absolute atomic E-state index is 14.0. The first-order valence-electron chi connectivity index (χ1n) is 10.9. The smallest absolute Gasteiger partial charge is 0.545 e. The number of methoxy groups -OCH3 is 3. The number of carboxylic acids is 1. The number of aliphatic carboxylic acids is 1. The second-order valence-electron chi connectivity index (χ2n) is 8.01. The quantitative estimate of drug-likeness (QED) is 0.178. The molecule has 0 N–H and O–H groups in total. The second kappa shape index (κ2) is 12.3. The van der Waals surface area contributed by atoms with Crippen molar-refractivity contribution in [3.63, 3.8) is 0 Å². The molecule has 0 amide bonds. The number of carbonyl (C=O) groups is 2. The Hall–Kier alpha value is -3.24. The molecule has 4 aromatic rings. The van der Waals surface area contributed by atoms with Crippen molar-refractivity contribution >= 4 is 40.1 Å². The summed E-state index contributed by atoms with van der Waals surface area (Å²) in [7, 11) is 4.35. The maximum atomic E-state index is 14.0. The molecule has 0 saturated heterocycles. The zero-order chi connectivity index (χ0) is 25.8. The van der Waals surface area contributed by atoms with E-state index in [1.165, 1.54) is 33.5 Å². The van der Waals surface area contributed by atoms with Gasteiger partial charge in [0.15, 0.2) is 17.3 Å². The topological polar surface area (TPSA) is 111 Å². The van der Waals surface area contributed by atoms with Crippen LogP contribution in [0.15, 0.2) is 60.2 Å². The maximum Gasteiger partial charge on any atom is 1.00 e. The number of ether oxygens (including phenoxy) is 3. The van der Waals surface area contributed by atoms with Gasteiger partial charge in [-0.05, 0) is 42.3 Å². The average Bonchev–Trinajstić information content (AvgIpc) is 3.36. The number of aromatic nitrogens is 2. The minimum atomic E-state index is -1.47. The summed E-state index contributed by atoms with van der Waals surface area (Å²) < 4.78 is 24.5. The fraction of sp³-hybridized carbons (Fsp3) is 0.185. The molecule has 0 aliphatic heterocycles. The normalized spacial score (nSPS) is 11.4. The van der Waals surface area contributed by atoms with Gasteiger partial charge in [0.2, 0.25) is 5.75 Å². The number of fused-ring (bicyclic) bond motifs is 1. The van der Waals surface area contributed by atoms with Gasteiger partial charge < -0.3 is 24.1 Å². The number of rotatable bonds is 9. The SMILES string of the molecule is COc1cc(C(=O)/C(Cc2ccc(C)cc2)=C(/C(=O)[O-])c2ccc3nsnc3c2)cc(OC)c1OC.[Na+]. The van der Waals surface area contributed by atoms with Gasteiger partial charge in [-0.2, -0.15) is 8.75 Å². The number of hydrogen-bond donors (Lipinski definition) is 0. The van der Waals surface area contributed by atoms with Crippen molar-refractivity contribution in [2.24, 2.45) is 0 Å². The van der Waals surface area contributed by atoms with Crippen molar-refractivity contribution in [1.82, 2.24) is 8.75 Å². The third kappa shape index (κ3) is 6.02. The molecule has 8 nitrogen and oxygen atoms in total. The molecule has 3 aromatic carbocycles. The van der Waals surface area contributed by atoms with Crippen LogP contribution in [0.25, 0.3) is 16.6 Å². The Morgan fingerprint density at radius 1 is 0.838 bits per heavy atom.